The van der Waals surface area contributed by atoms with Crippen LogP contribution < -0.4 is 0 Å². The van der Waals surface area contributed by atoms with Gasteiger partial charge >= 0.3 is 5.97 Å². The van der Waals surface area contributed by atoms with Crippen molar-refractivity contribution in [3.63, 3.8) is 0 Å². The van der Waals surface area contributed by atoms with Crippen molar-refractivity contribution in [2.45, 2.75) is 65.2 Å². The van der Waals surface area contributed by atoms with Gasteiger partial charge in [-0.2, -0.15) is 0 Å². The summed E-state index contributed by atoms with van der Waals surface area (Å²) in [6.45, 7) is 7.53. The van der Waals surface area contributed by atoms with E-state index >= 15 is 0 Å². The van der Waals surface area contributed by atoms with E-state index in [1.807, 2.05) is 19.9 Å². The third-order valence-electron chi connectivity index (χ3n) is 4.43. The molecule has 1 heterocycles. The molecule has 0 saturated carbocycles. The number of benzene rings is 1. The van der Waals surface area contributed by atoms with E-state index in [4.69, 9.17) is 4.74 Å². The summed E-state index contributed by atoms with van der Waals surface area (Å²) in [5, 5.41) is 8.59. The maximum Gasteiger partial charge on any atom is 0.316 e. The lowest BCUT2D eigenvalue weighted by Gasteiger charge is -2.23. The molecule has 1 aromatic carbocycles. The standard InChI is InChI=1S/C18H22FN3O2S.C2H6/c1-3-24-17(23)11-25-18-21-20-16(10-19)22(18)15-9-8-12(2)13-6-4-5-7-14(13)15;1-2/h8-9H,3-7,10-11H2,1-2H3;1-2H3. The van der Waals surface area contributed by atoms with Crippen molar-refractivity contribution in [2.75, 3.05) is 12.4 Å². The Balaban J connectivity index is 0.00000126. The first kappa shape index (κ1) is 21.4. The Kier molecular flexibility index (Phi) is 8.28. The highest BCUT2D eigenvalue weighted by atomic mass is 32.2. The predicted molar refractivity (Wildman–Crippen MR) is 106 cm³/mol. The topological polar surface area (TPSA) is 57.0 Å². The third kappa shape index (κ3) is 4.89. The highest BCUT2D eigenvalue weighted by Crippen LogP contribution is 2.32. The lowest BCUT2D eigenvalue weighted by Crippen LogP contribution is -2.13. The zero-order chi connectivity index (χ0) is 19.8. The number of carbonyl (C=O) groups excluding carboxylic acids is 1. The Bertz CT molecular complexity index is 777. The Morgan fingerprint density at radius 1 is 1.22 bits per heavy atom. The molecule has 0 fully saturated rings. The van der Waals surface area contributed by atoms with Crippen LogP contribution in [0.4, 0.5) is 4.39 Å². The van der Waals surface area contributed by atoms with Crippen molar-refractivity contribution in [3.8, 4) is 5.69 Å². The molecule has 0 spiro atoms. The second-order valence-corrected chi connectivity index (χ2v) is 6.97. The van der Waals surface area contributed by atoms with Crippen LogP contribution >= 0.6 is 11.8 Å². The molecule has 0 bridgehead atoms. The van der Waals surface area contributed by atoms with E-state index in [2.05, 4.69) is 23.2 Å². The van der Waals surface area contributed by atoms with Crippen LogP contribution in [0.2, 0.25) is 0 Å². The molecule has 0 radical (unpaired) electrons. The van der Waals surface area contributed by atoms with Crippen molar-refractivity contribution in [2.24, 2.45) is 0 Å². The summed E-state index contributed by atoms with van der Waals surface area (Å²) in [6, 6.07) is 4.08. The molecule has 148 valence electrons. The monoisotopic (exact) mass is 393 g/mol. The van der Waals surface area contributed by atoms with Crippen LogP contribution in [0.5, 0.6) is 0 Å². The normalized spacial score (nSPS) is 12.8. The van der Waals surface area contributed by atoms with Gasteiger partial charge in [-0.1, -0.05) is 31.7 Å². The average molecular weight is 394 g/mol. The van der Waals surface area contributed by atoms with Gasteiger partial charge in [-0.25, -0.2) is 4.39 Å². The van der Waals surface area contributed by atoms with E-state index in [1.54, 1.807) is 11.5 Å². The van der Waals surface area contributed by atoms with Crippen LogP contribution in [-0.4, -0.2) is 33.1 Å². The van der Waals surface area contributed by atoms with E-state index in [9.17, 15) is 9.18 Å². The Labute approximate surface area is 164 Å². The molecule has 5 nitrogen and oxygen atoms in total. The number of ether oxygens (including phenoxy) is 1. The first-order chi connectivity index (χ1) is 13.2. The van der Waals surface area contributed by atoms with Gasteiger partial charge < -0.3 is 4.74 Å². The number of aromatic nitrogens is 3. The lowest BCUT2D eigenvalue weighted by molar-refractivity contribution is -0.139. The fourth-order valence-corrected chi connectivity index (χ4v) is 4.05. The minimum atomic E-state index is -0.699. The number of esters is 1. The van der Waals surface area contributed by atoms with E-state index in [1.165, 1.54) is 34.9 Å². The molecule has 0 atom stereocenters. The number of rotatable bonds is 6. The van der Waals surface area contributed by atoms with Gasteiger partial charge in [0.15, 0.2) is 11.0 Å². The van der Waals surface area contributed by atoms with Crippen LogP contribution in [0.1, 0.15) is 56.1 Å². The fourth-order valence-electron chi connectivity index (χ4n) is 3.29. The molecule has 1 aliphatic carbocycles. The zero-order valence-electron chi connectivity index (χ0n) is 16.5. The van der Waals surface area contributed by atoms with E-state index in [0.717, 1.165) is 24.9 Å². The van der Waals surface area contributed by atoms with Gasteiger partial charge in [-0.15, -0.1) is 10.2 Å². The van der Waals surface area contributed by atoms with Gasteiger partial charge in [0.05, 0.1) is 18.0 Å². The van der Waals surface area contributed by atoms with Crippen molar-refractivity contribution >= 4 is 17.7 Å². The minimum absolute atomic E-state index is 0.131. The van der Waals surface area contributed by atoms with Gasteiger partial charge in [0.2, 0.25) is 0 Å². The quantitative estimate of drug-likeness (QED) is 0.530. The fraction of sp³-hybridized carbons (Fsp3) is 0.550. The number of alkyl halides is 1. The highest BCUT2D eigenvalue weighted by molar-refractivity contribution is 7.99. The second kappa shape index (κ2) is 10.4. The van der Waals surface area contributed by atoms with Gasteiger partial charge in [-0.05, 0) is 62.3 Å². The summed E-state index contributed by atoms with van der Waals surface area (Å²) in [7, 11) is 0. The molecule has 0 aliphatic heterocycles. The molecular formula is C20H28FN3O2S. The molecule has 0 unspecified atom stereocenters. The average Bonchev–Trinajstić information content (AvgIpc) is 3.11. The number of carbonyl (C=O) groups is 1. The van der Waals surface area contributed by atoms with Crippen molar-refractivity contribution in [3.05, 3.63) is 34.6 Å². The molecule has 0 N–H and O–H groups in total. The molecule has 1 aliphatic rings. The maximum atomic E-state index is 13.5. The first-order valence-corrected chi connectivity index (χ1v) is 10.5. The molecule has 1 aromatic heterocycles. The maximum absolute atomic E-state index is 13.5. The number of thioether (sulfide) groups is 1. The number of nitrogens with zero attached hydrogens (tertiary/aromatic N) is 3. The highest BCUT2D eigenvalue weighted by Gasteiger charge is 2.22. The lowest BCUT2D eigenvalue weighted by atomic mass is 9.87. The van der Waals surface area contributed by atoms with E-state index in [0.29, 0.717) is 11.8 Å². The summed E-state index contributed by atoms with van der Waals surface area (Å²) in [5.74, 6) is 0.0875. The molecule has 3 rings (SSSR count). The SMILES string of the molecule is CC.CCOC(=O)CSc1nnc(CF)n1-c1ccc(C)c2c1CCCC2. The third-order valence-corrected chi connectivity index (χ3v) is 5.33. The van der Waals surface area contributed by atoms with Crippen molar-refractivity contribution < 1.29 is 13.9 Å². The smallest absolute Gasteiger partial charge is 0.316 e. The van der Waals surface area contributed by atoms with E-state index in [-0.39, 0.29) is 17.5 Å². The van der Waals surface area contributed by atoms with Gasteiger partial charge in [0, 0.05) is 0 Å². The number of hydrogen-bond donors (Lipinski definition) is 0. The van der Waals surface area contributed by atoms with Crippen LogP contribution in [0.25, 0.3) is 5.69 Å². The molecule has 2 aromatic rings. The summed E-state index contributed by atoms with van der Waals surface area (Å²) >= 11 is 1.23. The van der Waals surface area contributed by atoms with Crippen molar-refractivity contribution in [1.29, 1.82) is 0 Å². The van der Waals surface area contributed by atoms with Crippen molar-refractivity contribution in [1.82, 2.24) is 14.8 Å². The largest absolute Gasteiger partial charge is 0.465 e. The van der Waals surface area contributed by atoms with Crippen LogP contribution in [0.15, 0.2) is 17.3 Å². The first-order valence-electron chi connectivity index (χ1n) is 9.56. The van der Waals surface area contributed by atoms with Crippen LogP contribution in [0.3, 0.4) is 0 Å². The van der Waals surface area contributed by atoms with Crippen LogP contribution in [-0.2, 0) is 29.0 Å². The Morgan fingerprint density at radius 3 is 2.59 bits per heavy atom. The summed E-state index contributed by atoms with van der Waals surface area (Å²) in [5.41, 5.74) is 4.81. The zero-order valence-corrected chi connectivity index (χ0v) is 17.4. The van der Waals surface area contributed by atoms with Gasteiger partial charge in [0.1, 0.15) is 6.67 Å². The van der Waals surface area contributed by atoms with Gasteiger partial charge in [-0.3, -0.25) is 9.36 Å². The molecule has 0 amide bonds. The Hall–Kier alpha value is -1.89. The molecule has 27 heavy (non-hydrogen) atoms. The van der Waals surface area contributed by atoms with E-state index < -0.39 is 6.67 Å². The molecule has 7 heteroatoms. The van der Waals surface area contributed by atoms with Crippen LogP contribution in [0, 0.1) is 6.92 Å². The second-order valence-electron chi connectivity index (χ2n) is 6.03. The molecule has 0 saturated heterocycles. The number of aryl methyl sites for hydroxylation is 1. The minimum Gasteiger partial charge on any atom is -0.465 e. The Morgan fingerprint density at radius 2 is 1.93 bits per heavy atom. The summed E-state index contributed by atoms with van der Waals surface area (Å²) in [4.78, 5) is 11.6. The number of halogens is 1. The number of fused-ring (bicyclic) bond motifs is 1. The number of hydrogen-bond acceptors (Lipinski definition) is 5. The predicted octanol–water partition coefficient (Wildman–Crippen LogP) is 4.61. The van der Waals surface area contributed by atoms with Gasteiger partial charge in [0.25, 0.3) is 0 Å². The summed E-state index contributed by atoms with van der Waals surface area (Å²) < 4.78 is 20.2. The summed E-state index contributed by atoms with van der Waals surface area (Å²) in [6.07, 6.45) is 4.33. The molecular weight excluding hydrogens is 365 g/mol.